The zero-order valence-corrected chi connectivity index (χ0v) is 13.5. The fourth-order valence-electron chi connectivity index (χ4n) is 3.07. The van der Waals surface area contributed by atoms with E-state index >= 15 is 0 Å². The van der Waals surface area contributed by atoms with E-state index in [9.17, 15) is 4.79 Å². The van der Waals surface area contributed by atoms with Crippen LogP contribution in [0, 0.1) is 6.92 Å². The summed E-state index contributed by atoms with van der Waals surface area (Å²) in [6.07, 6.45) is 4.50. The Morgan fingerprint density at radius 1 is 1.29 bits per heavy atom. The van der Waals surface area contributed by atoms with Crippen molar-refractivity contribution in [3.63, 3.8) is 0 Å². The number of H-pyrrole nitrogens is 1. The maximum Gasteiger partial charge on any atom is 0.254 e. The number of aromatic amines is 1. The Balaban J connectivity index is 1.43. The fraction of sp³-hybridized carbons (Fsp3) is 0.263. The number of amides is 1. The van der Waals surface area contributed by atoms with Crippen LogP contribution in [0.5, 0.6) is 5.88 Å². The molecule has 1 aliphatic heterocycles. The predicted octanol–water partition coefficient (Wildman–Crippen LogP) is 3.16. The molecule has 1 atom stereocenters. The second kappa shape index (κ2) is 6.00. The summed E-state index contributed by atoms with van der Waals surface area (Å²) in [6.45, 7) is 3.29. The second-order valence-electron chi connectivity index (χ2n) is 6.23. The predicted molar refractivity (Wildman–Crippen MR) is 92.2 cm³/mol. The van der Waals surface area contributed by atoms with Gasteiger partial charge in [0.1, 0.15) is 6.10 Å². The topological polar surface area (TPSA) is 58.2 Å². The van der Waals surface area contributed by atoms with Crippen molar-refractivity contribution in [2.45, 2.75) is 19.4 Å². The van der Waals surface area contributed by atoms with Crippen molar-refractivity contribution in [1.82, 2.24) is 14.9 Å². The molecule has 1 fully saturated rings. The second-order valence-corrected chi connectivity index (χ2v) is 6.23. The van der Waals surface area contributed by atoms with Crippen LogP contribution < -0.4 is 4.74 Å². The molecule has 0 aliphatic carbocycles. The molecule has 122 valence electrons. The summed E-state index contributed by atoms with van der Waals surface area (Å²) in [7, 11) is 0. The van der Waals surface area contributed by atoms with Gasteiger partial charge in [0.25, 0.3) is 5.91 Å². The zero-order chi connectivity index (χ0) is 16.5. The van der Waals surface area contributed by atoms with E-state index < -0.39 is 0 Å². The van der Waals surface area contributed by atoms with Crippen molar-refractivity contribution in [2.75, 3.05) is 13.1 Å². The number of benzene rings is 1. The lowest BCUT2D eigenvalue weighted by atomic mass is 10.1. The molecule has 24 heavy (non-hydrogen) atoms. The largest absolute Gasteiger partial charge is 0.472 e. The molecule has 0 saturated carbocycles. The van der Waals surface area contributed by atoms with Crippen LogP contribution in [-0.4, -0.2) is 40.0 Å². The van der Waals surface area contributed by atoms with Crippen LogP contribution in [0.1, 0.15) is 22.3 Å². The van der Waals surface area contributed by atoms with E-state index in [0.29, 0.717) is 24.5 Å². The molecule has 3 heterocycles. The number of aromatic nitrogens is 2. The molecular formula is C19H19N3O2. The van der Waals surface area contributed by atoms with E-state index in [-0.39, 0.29) is 12.0 Å². The molecule has 2 aromatic heterocycles. The lowest BCUT2D eigenvalue weighted by Crippen LogP contribution is -2.31. The van der Waals surface area contributed by atoms with Crippen molar-refractivity contribution >= 4 is 16.8 Å². The van der Waals surface area contributed by atoms with E-state index in [2.05, 4.69) is 9.97 Å². The standard InChI is InChI=1S/C19H19N3O2/c1-13-2-5-18(21-11-13)24-16-7-9-22(12-16)19(23)15-4-3-14-6-8-20-17(14)10-15/h2-6,8,10-11,16,20H,7,9,12H2,1H3. The van der Waals surface area contributed by atoms with E-state index in [1.807, 2.05) is 54.4 Å². The number of nitrogens with one attached hydrogen (secondary N) is 1. The quantitative estimate of drug-likeness (QED) is 0.806. The molecule has 1 aliphatic rings. The highest BCUT2D eigenvalue weighted by Gasteiger charge is 2.28. The Hall–Kier alpha value is -2.82. The van der Waals surface area contributed by atoms with Crippen LogP contribution in [-0.2, 0) is 0 Å². The molecule has 0 spiro atoms. The van der Waals surface area contributed by atoms with Crippen LogP contribution >= 0.6 is 0 Å². The summed E-state index contributed by atoms with van der Waals surface area (Å²) < 4.78 is 5.89. The minimum absolute atomic E-state index is 0.00150. The van der Waals surface area contributed by atoms with Gasteiger partial charge in [-0.1, -0.05) is 12.1 Å². The molecule has 1 N–H and O–H groups in total. The van der Waals surface area contributed by atoms with Gasteiger partial charge in [-0.15, -0.1) is 0 Å². The minimum Gasteiger partial charge on any atom is -0.472 e. The lowest BCUT2D eigenvalue weighted by Gasteiger charge is -2.17. The van der Waals surface area contributed by atoms with Gasteiger partial charge in [-0.25, -0.2) is 4.98 Å². The van der Waals surface area contributed by atoms with Crippen LogP contribution in [0.25, 0.3) is 10.9 Å². The molecule has 0 radical (unpaired) electrons. The van der Waals surface area contributed by atoms with E-state index in [4.69, 9.17) is 4.74 Å². The van der Waals surface area contributed by atoms with Crippen LogP contribution in [0.15, 0.2) is 48.8 Å². The number of pyridine rings is 1. The molecule has 1 aromatic carbocycles. The van der Waals surface area contributed by atoms with Crippen molar-refractivity contribution in [1.29, 1.82) is 0 Å². The maximum absolute atomic E-state index is 12.7. The molecule has 1 unspecified atom stereocenters. The van der Waals surface area contributed by atoms with Crippen LogP contribution in [0.3, 0.4) is 0 Å². The van der Waals surface area contributed by atoms with E-state index in [1.54, 1.807) is 6.20 Å². The molecular weight excluding hydrogens is 302 g/mol. The molecule has 5 heteroatoms. The first-order valence-corrected chi connectivity index (χ1v) is 8.15. The SMILES string of the molecule is Cc1ccc(OC2CCN(C(=O)c3ccc4cc[nH]c4c3)C2)nc1. The van der Waals surface area contributed by atoms with Gasteiger partial charge >= 0.3 is 0 Å². The average Bonchev–Trinajstić information content (AvgIpc) is 3.24. The van der Waals surface area contributed by atoms with Gasteiger partial charge in [0, 0.05) is 42.5 Å². The summed E-state index contributed by atoms with van der Waals surface area (Å²) in [6, 6.07) is 11.6. The van der Waals surface area contributed by atoms with Gasteiger partial charge in [0.2, 0.25) is 5.88 Å². The van der Waals surface area contributed by atoms with Gasteiger partial charge in [-0.2, -0.15) is 0 Å². The van der Waals surface area contributed by atoms with Crippen molar-refractivity contribution in [2.24, 2.45) is 0 Å². The Bertz CT molecular complexity index is 870. The summed E-state index contributed by atoms with van der Waals surface area (Å²) >= 11 is 0. The molecule has 0 bridgehead atoms. The smallest absolute Gasteiger partial charge is 0.254 e. The molecule has 1 saturated heterocycles. The van der Waals surface area contributed by atoms with Gasteiger partial charge in [0.05, 0.1) is 6.54 Å². The number of carbonyl (C=O) groups is 1. The molecule has 4 rings (SSSR count). The van der Waals surface area contributed by atoms with Crippen LogP contribution in [0.2, 0.25) is 0 Å². The minimum atomic E-state index is -0.00150. The number of likely N-dealkylation sites (tertiary alicyclic amines) is 1. The third-order valence-electron chi connectivity index (χ3n) is 4.41. The Morgan fingerprint density at radius 3 is 3.04 bits per heavy atom. The molecule has 5 nitrogen and oxygen atoms in total. The average molecular weight is 321 g/mol. The number of hydrogen-bond acceptors (Lipinski definition) is 3. The highest BCUT2D eigenvalue weighted by Crippen LogP contribution is 2.20. The van der Waals surface area contributed by atoms with E-state index in [1.165, 1.54) is 0 Å². The van der Waals surface area contributed by atoms with Gasteiger partial charge in [-0.05, 0) is 36.1 Å². The Labute approximate surface area is 140 Å². The number of hydrogen-bond donors (Lipinski definition) is 1. The first-order valence-electron chi connectivity index (χ1n) is 8.15. The summed E-state index contributed by atoms with van der Waals surface area (Å²) in [5, 5.41) is 1.11. The van der Waals surface area contributed by atoms with Gasteiger partial charge < -0.3 is 14.6 Å². The zero-order valence-electron chi connectivity index (χ0n) is 13.5. The summed E-state index contributed by atoms with van der Waals surface area (Å²) in [5.74, 6) is 0.669. The first kappa shape index (κ1) is 14.8. The third kappa shape index (κ3) is 2.85. The van der Waals surface area contributed by atoms with Crippen molar-refractivity contribution in [3.8, 4) is 5.88 Å². The monoisotopic (exact) mass is 321 g/mol. The number of rotatable bonds is 3. The number of ether oxygens (including phenoxy) is 1. The van der Waals surface area contributed by atoms with E-state index in [0.717, 1.165) is 22.9 Å². The number of nitrogens with zero attached hydrogens (tertiary/aromatic N) is 2. The van der Waals surface area contributed by atoms with Gasteiger partial charge in [0.15, 0.2) is 0 Å². The van der Waals surface area contributed by atoms with Gasteiger partial charge in [-0.3, -0.25) is 4.79 Å². The molecule has 1 amide bonds. The highest BCUT2D eigenvalue weighted by atomic mass is 16.5. The number of aryl methyl sites for hydroxylation is 1. The third-order valence-corrected chi connectivity index (χ3v) is 4.41. The number of carbonyl (C=O) groups excluding carboxylic acids is 1. The Kier molecular flexibility index (Phi) is 3.69. The molecule has 3 aromatic rings. The van der Waals surface area contributed by atoms with Crippen molar-refractivity contribution < 1.29 is 9.53 Å². The van der Waals surface area contributed by atoms with Crippen molar-refractivity contribution in [3.05, 3.63) is 59.9 Å². The fourth-order valence-corrected chi connectivity index (χ4v) is 3.07. The summed E-state index contributed by atoms with van der Waals surface area (Å²) in [5.41, 5.74) is 2.79. The number of fused-ring (bicyclic) bond motifs is 1. The summed E-state index contributed by atoms with van der Waals surface area (Å²) in [4.78, 5) is 22.0. The lowest BCUT2D eigenvalue weighted by molar-refractivity contribution is 0.0771. The first-order chi connectivity index (χ1) is 11.7. The Morgan fingerprint density at radius 2 is 2.21 bits per heavy atom. The highest BCUT2D eigenvalue weighted by molar-refractivity contribution is 5.98. The van der Waals surface area contributed by atoms with Crippen LogP contribution in [0.4, 0.5) is 0 Å². The normalized spacial score (nSPS) is 17.4. The maximum atomic E-state index is 12.7.